The summed E-state index contributed by atoms with van der Waals surface area (Å²) in [5, 5.41) is 7.68. The Morgan fingerprint density at radius 1 is 1.57 bits per heavy atom. The van der Waals surface area contributed by atoms with Crippen molar-refractivity contribution in [3.8, 4) is 0 Å². The lowest BCUT2D eigenvalue weighted by Gasteiger charge is -2.33. The Balaban J connectivity index is 1.82. The highest BCUT2D eigenvalue weighted by molar-refractivity contribution is 7.08. The lowest BCUT2D eigenvalue weighted by Crippen LogP contribution is -2.38. The second-order valence-corrected chi connectivity index (χ2v) is 5.78. The Morgan fingerprint density at radius 3 is 3.24 bits per heavy atom. The molecule has 21 heavy (non-hydrogen) atoms. The third-order valence-electron chi connectivity index (χ3n) is 3.57. The van der Waals surface area contributed by atoms with Crippen molar-refractivity contribution in [2.75, 3.05) is 13.7 Å². The van der Waals surface area contributed by atoms with E-state index < -0.39 is 0 Å². The van der Waals surface area contributed by atoms with E-state index in [4.69, 9.17) is 9.26 Å². The van der Waals surface area contributed by atoms with E-state index in [1.807, 2.05) is 21.7 Å². The van der Waals surface area contributed by atoms with E-state index in [1.54, 1.807) is 7.11 Å². The van der Waals surface area contributed by atoms with Crippen LogP contribution in [0.5, 0.6) is 0 Å². The molecule has 0 bridgehead atoms. The Morgan fingerprint density at radius 2 is 2.48 bits per heavy atom. The first-order chi connectivity index (χ1) is 10.3. The minimum Gasteiger partial charge on any atom is -0.377 e. The van der Waals surface area contributed by atoms with E-state index in [0.717, 1.165) is 31.4 Å². The van der Waals surface area contributed by atoms with Crippen molar-refractivity contribution in [3.05, 3.63) is 34.1 Å². The van der Waals surface area contributed by atoms with Crippen LogP contribution in [0, 0.1) is 0 Å². The number of methoxy groups -OCH3 is 1. The summed E-state index contributed by atoms with van der Waals surface area (Å²) in [4.78, 5) is 18.8. The number of aromatic nitrogens is 2. The smallest absolute Gasteiger partial charge is 0.255 e. The first kappa shape index (κ1) is 14.2. The monoisotopic (exact) mass is 307 g/mol. The van der Waals surface area contributed by atoms with Crippen LogP contribution in [0.3, 0.4) is 0 Å². The molecule has 1 aliphatic rings. The van der Waals surface area contributed by atoms with Crippen LogP contribution in [0.15, 0.2) is 21.3 Å². The Hall–Kier alpha value is -1.73. The zero-order valence-corrected chi connectivity index (χ0v) is 12.6. The van der Waals surface area contributed by atoms with Gasteiger partial charge in [-0.3, -0.25) is 4.79 Å². The average molecular weight is 307 g/mol. The number of piperidine rings is 1. The fourth-order valence-electron chi connectivity index (χ4n) is 2.57. The van der Waals surface area contributed by atoms with E-state index in [1.165, 1.54) is 11.3 Å². The molecule has 112 valence electrons. The van der Waals surface area contributed by atoms with Crippen molar-refractivity contribution in [3.63, 3.8) is 0 Å². The van der Waals surface area contributed by atoms with E-state index in [0.29, 0.717) is 18.3 Å². The maximum atomic E-state index is 12.6. The van der Waals surface area contributed by atoms with Gasteiger partial charge in [0.1, 0.15) is 12.6 Å². The van der Waals surface area contributed by atoms with Gasteiger partial charge in [-0.25, -0.2) is 0 Å². The molecule has 3 rings (SSSR count). The van der Waals surface area contributed by atoms with Crippen LogP contribution >= 0.6 is 11.3 Å². The summed E-state index contributed by atoms with van der Waals surface area (Å²) in [7, 11) is 1.59. The molecule has 0 aromatic carbocycles. The summed E-state index contributed by atoms with van der Waals surface area (Å²) in [6.45, 7) is 1.04. The van der Waals surface area contributed by atoms with Gasteiger partial charge in [0.15, 0.2) is 5.82 Å². The minimum atomic E-state index is -0.135. The zero-order valence-electron chi connectivity index (χ0n) is 11.8. The molecule has 3 heterocycles. The summed E-state index contributed by atoms with van der Waals surface area (Å²) in [6, 6.07) is 1.72. The van der Waals surface area contributed by atoms with Gasteiger partial charge in [0, 0.05) is 19.0 Å². The van der Waals surface area contributed by atoms with Gasteiger partial charge >= 0.3 is 0 Å². The highest BCUT2D eigenvalue weighted by Gasteiger charge is 2.32. The molecular formula is C14H17N3O3S. The molecule has 0 radical (unpaired) electrons. The number of thiophene rings is 1. The molecular weight excluding hydrogens is 290 g/mol. The third kappa shape index (κ3) is 2.98. The van der Waals surface area contributed by atoms with Crippen LogP contribution < -0.4 is 0 Å². The number of likely N-dealkylation sites (tertiary alicyclic amines) is 1. The fraction of sp³-hybridized carbons (Fsp3) is 0.500. The van der Waals surface area contributed by atoms with Gasteiger partial charge in [-0.15, -0.1) is 0 Å². The molecule has 1 atom stereocenters. The Kier molecular flexibility index (Phi) is 4.31. The van der Waals surface area contributed by atoms with Crippen molar-refractivity contribution in [1.82, 2.24) is 15.0 Å². The fourth-order valence-corrected chi connectivity index (χ4v) is 3.20. The summed E-state index contributed by atoms with van der Waals surface area (Å²) < 4.78 is 10.3. The maximum absolute atomic E-state index is 12.6. The van der Waals surface area contributed by atoms with E-state index in [9.17, 15) is 4.79 Å². The van der Waals surface area contributed by atoms with E-state index >= 15 is 0 Å². The van der Waals surface area contributed by atoms with Crippen molar-refractivity contribution in [1.29, 1.82) is 0 Å². The van der Waals surface area contributed by atoms with Gasteiger partial charge < -0.3 is 14.2 Å². The van der Waals surface area contributed by atoms with Crippen LogP contribution in [-0.2, 0) is 11.3 Å². The Labute approximate surface area is 126 Å². The minimum absolute atomic E-state index is 0.0347. The van der Waals surface area contributed by atoms with Gasteiger partial charge in [0.25, 0.3) is 5.91 Å². The average Bonchev–Trinajstić information content (AvgIpc) is 3.18. The molecule has 0 saturated carbocycles. The normalized spacial score (nSPS) is 18.9. The van der Waals surface area contributed by atoms with Crippen LogP contribution in [-0.4, -0.2) is 34.6 Å². The second-order valence-electron chi connectivity index (χ2n) is 5.00. The first-order valence-corrected chi connectivity index (χ1v) is 7.88. The number of hydrogen-bond acceptors (Lipinski definition) is 6. The molecule has 1 fully saturated rings. The summed E-state index contributed by atoms with van der Waals surface area (Å²) in [5.41, 5.74) is 0.725. The lowest BCUT2D eigenvalue weighted by molar-refractivity contribution is 0.0562. The molecule has 0 N–H and O–H groups in total. The molecule has 7 heteroatoms. The standard InChI is InChI=1S/C14H17N3O3S/c1-19-8-12-15-13(20-16-12)11-4-2-3-6-17(11)14(18)10-5-7-21-9-10/h5,7,9,11H,2-4,6,8H2,1H3/t11-/m1/s1. The molecule has 1 saturated heterocycles. The summed E-state index contributed by atoms with van der Waals surface area (Å²) in [5.74, 6) is 1.05. The highest BCUT2D eigenvalue weighted by atomic mass is 32.1. The van der Waals surface area contributed by atoms with Crippen molar-refractivity contribution < 1.29 is 14.1 Å². The summed E-state index contributed by atoms with van der Waals surface area (Å²) in [6.07, 6.45) is 2.91. The largest absolute Gasteiger partial charge is 0.377 e. The number of hydrogen-bond donors (Lipinski definition) is 0. The van der Waals surface area contributed by atoms with Crippen LogP contribution in [0.25, 0.3) is 0 Å². The zero-order chi connectivity index (χ0) is 14.7. The van der Waals surface area contributed by atoms with Crippen molar-refractivity contribution in [2.24, 2.45) is 0 Å². The second kappa shape index (κ2) is 6.36. The molecule has 1 amide bonds. The van der Waals surface area contributed by atoms with Crippen LogP contribution in [0.2, 0.25) is 0 Å². The van der Waals surface area contributed by atoms with Gasteiger partial charge in [-0.2, -0.15) is 16.3 Å². The number of carbonyl (C=O) groups is 1. The third-order valence-corrected chi connectivity index (χ3v) is 4.26. The van der Waals surface area contributed by atoms with Crippen LogP contribution in [0.1, 0.15) is 47.4 Å². The highest BCUT2D eigenvalue weighted by Crippen LogP contribution is 2.31. The Bertz CT molecular complexity index is 596. The lowest BCUT2D eigenvalue weighted by atomic mass is 10.0. The van der Waals surface area contributed by atoms with E-state index in [2.05, 4.69) is 10.1 Å². The first-order valence-electron chi connectivity index (χ1n) is 6.94. The number of carbonyl (C=O) groups excluding carboxylic acids is 1. The number of ether oxygens (including phenoxy) is 1. The SMILES string of the molecule is COCc1noc([C@H]2CCCCN2C(=O)c2ccsc2)n1. The predicted molar refractivity (Wildman–Crippen MR) is 77.0 cm³/mol. The molecule has 0 aliphatic carbocycles. The maximum Gasteiger partial charge on any atom is 0.255 e. The number of amides is 1. The summed E-state index contributed by atoms with van der Waals surface area (Å²) >= 11 is 1.52. The molecule has 1 aliphatic heterocycles. The molecule has 0 spiro atoms. The molecule has 0 unspecified atom stereocenters. The topological polar surface area (TPSA) is 68.5 Å². The van der Waals surface area contributed by atoms with Gasteiger partial charge in [-0.1, -0.05) is 5.16 Å². The van der Waals surface area contributed by atoms with Crippen molar-refractivity contribution in [2.45, 2.75) is 31.9 Å². The van der Waals surface area contributed by atoms with Gasteiger partial charge in [-0.05, 0) is 30.7 Å². The van der Waals surface area contributed by atoms with Gasteiger partial charge in [0.05, 0.1) is 5.56 Å². The van der Waals surface area contributed by atoms with Gasteiger partial charge in [0.2, 0.25) is 5.89 Å². The molecule has 2 aromatic heterocycles. The molecule has 2 aromatic rings. The number of nitrogens with zero attached hydrogens (tertiary/aromatic N) is 3. The van der Waals surface area contributed by atoms with E-state index in [-0.39, 0.29) is 11.9 Å². The quantitative estimate of drug-likeness (QED) is 0.868. The predicted octanol–water partition coefficient (Wildman–Crippen LogP) is 2.64. The van der Waals surface area contributed by atoms with Crippen molar-refractivity contribution >= 4 is 17.2 Å². The number of rotatable bonds is 4. The van der Waals surface area contributed by atoms with Crippen LogP contribution in [0.4, 0.5) is 0 Å². The molecule has 6 nitrogen and oxygen atoms in total.